The third-order valence-corrected chi connectivity index (χ3v) is 7.68. The first-order chi connectivity index (χ1) is 14.4. The first kappa shape index (κ1) is 23.9. The Morgan fingerprint density at radius 1 is 1.20 bits per heavy atom. The van der Waals surface area contributed by atoms with Crippen molar-refractivity contribution in [1.82, 2.24) is 0 Å². The number of ether oxygens (including phenoxy) is 3. The number of unbranched alkanes of at least 4 members (excludes halogenated alkanes) is 1. The molecule has 172 valence electrons. The second-order valence-electron chi connectivity index (χ2n) is 9.62. The zero-order chi connectivity index (χ0) is 21.6. The van der Waals surface area contributed by atoms with Crippen molar-refractivity contribution in [2.45, 2.75) is 121 Å². The molecule has 0 N–H and O–H groups in total. The minimum atomic E-state index is -0.165. The molecule has 1 spiro atoms. The lowest BCUT2D eigenvalue weighted by molar-refractivity contribution is -0.170. The van der Waals surface area contributed by atoms with E-state index in [2.05, 4.69) is 19.9 Å². The van der Waals surface area contributed by atoms with Gasteiger partial charge in [-0.2, -0.15) is 0 Å². The molecule has 0 aromatic rings. The standard InChI is InChI=1S/C25H41ClO4/c1-4-8-21(28-5-2)10-7-6-9-19-15-20(11-12-23(19)26)24-16-22(29-18(3)27)17-25(30-24)13-14-25/h8,19-20,22-24H,4-7,9-17H2,1-3H3/b21-8+/t19?,20?,22-,23?,24-/m1/s1. The van der Waals surface area contributed by atoms with Gasteiger partial charge in [-0.3, -0.25) is 4.79 Å². The molecular weight excluding hydrogens is 400 g/mol. The molecule has 3 unspecified atom stereocenters. The molecule has 0 bridgehead atoms. The maximum Gasteiger partial charge on any atom is 0.302 e. The Balaban J connectivity index is 1.48. The van der Waals surface area contributed by atoms with Crippen molar-refractivity contribution in [2.75, 3.05) is 6.61 Å². The van der Waals surface area contributed by atoms with E-state index >= 15 is 0 Å². The Morgan fingerprint density at radius 2 is 2.00 bits per heavy atom. The second kappa shape index (κ2) is 11.2. The minimum Gasteiger partial charge on any atom is -0.499 e. The van der Waals surface area contributed by atoms with Gasteiger partial charge in [0.1, 0.15) is 6.10 Å². The number of hydrogen-bond donors (Lipinski definition) is 0. The summed E-state index contributed by atoms with van der Waals surface area (Å²) in [6, 6.07) is 0. The highest BCUT2D eigenvalue weighted by Crippen LogP contribution is 2.51. The fourth-order valence-electron chi connectivity index (χ4n) is 5.50. The van der Waals surface area contributed by atoms with Crippen LogP contribution in [0.25, 0.3) is 0 Å². The van der Waals surface area contributed by atoms with Crippen LogP contribution in [0.5, 0.6) is 0 Å². The van der Waals surface area contributed by atoms with E-state index in [-0.39, 0.29) is 29.2 Å². The number of esters is 1. The highest BCUT2D eigenvalue weighted by atomic mass is 35.5. The lowest BCUT2D eigenvalue weighted by Crippen LogP contribution is -2.44. The summed E-state index contributed by atoms with van der Waals surface area (Å²) in [4.78, 5) is 11.5. The van der Waals surface area contributed by atoms with Gasteiger partial charge in [-0.1, -0.05) is 13.3 Å². The van der Waals surface area contributed by atoms with Crippen molar-refractivity contribution in [3.8, 4) is 0 Å². The fraction of sp³-hybridized carbons (Fsp3) is 0.880. The molecule has 4 nitrogen and oxygen atoms in total. The van der Waals surface area contributed by atoms with Crippen LogP contribution in [0.15, 0.2) is 11.8 Å². The Bertz CT molecular complexity index is 586. The molecule has 1 aliphatic heterocycles. The van der Waals surface area contributed by atoms with E-state index in [0.717, 1.165) is 76.6 Å². The van der Waals surface area contributed by atoms with Gasteiger partial charge < -0.3 is 14.2 Å². The van der Waals surface area contributed by atoms with E-state index in [4.69, 9.17) is 25.8 Å². The van der Waals surface area contributed by atoms with E-state index in [1.165, 1.54) is 19.8 Å². The molecule has 1 saturated heterocycles. The molecule has 2 saturated carbocycles. The Hall–Kier alpha value is -0.740. The number of allylic oxidation sites excluding steroid dienone is 2. The summed E-state index contributed by atoms with van der Waals surface area (Å²) in [5.74, 6) is 2.08. The SMILES string of the molecule is CC/C=C(\CCCCC1CC([C@H]2C[C@@H](OC(C)=O)CC3(CC3)O2)CCC1Cl)OCC. The first-order valence-electron chi connectivity index (χ1n) is 12.3. The van der Waals surface area contributed by atoms with Crippen molar-refractivity contribution < 1.29 is 19.0 Å². The van der Waals surface area contributed by atoms with Gasteiger partial charge in [0.2, 0.25) is 0 Å². The zero-order valence-corrected chi connectivity index (χ0v) is 19.9. The van der Waals surface area contributed by atoms with Gasteiger partial charge in [-0.05, 0) is 76.2 Å². The van der Waals surface area contributed by atoms with E-state index in [1.54, 1.807) is 0 Å². The topological polar surface area (TPSA) is 44.8 Å². The average Bonchev–Trinajstić information content (AvgIpc) is 3.43. The fourth-order valence-corrected chi connectivity index (χ4v) is 5.86. The Kier molecular flexibility index (Phi) is 8.94. The molecule has 3 aliphatic rings. The second-order valence-corrected chi connectivity index (χ2v) is 10.2. The van der Waals surface area contributed by atoms with Crippen LogP contribution in [0.4, 0.5) is 0 Å². The van der Waals surface area contributed by atoms with Crippen LogP contribution < -0.4 is 0 Å². The van der Waals surface area contributed by atoms with E-state index in [1.807, 2.05) is 0 Å². The van der Waals surface area contributed by atoms with Crippen LogP contribution in [-0.4, -0.2) is 35.8 Å². The van der Waals surface area contributed by atoms with Gasteiger partial charge in [0.25, 0.3) is 0 Å². The smallest absolute Gasteiger partial charge is 0.302 e. The van der Waals surface area contributed by atoms with Crippen LogP contribution in [0.3, 0.4) is 0 Å². The molecule has 0 aromatic heterocycles. The summed E-state index contributed by atoms with van der Waals surface area (Å²) < 4.78 is 17.9. The molecule has 1 heterocycles. The summed E-state index contributed by atoms with van der Waals surface area (Å²) in [7, 11) is 0. The van der Waals surface area contributed by atoms with E-state index in [0.29, 0.717) is 11.8 Å². The van der Waals surface area contributed by atoms with Crippen LogP contribution >= 0.6 is 11.6 Å². The molecule has 30 heavy (non-hydrogen) atoms. The number of carbonyl (C=O) groups excluding carboxylic acids is 1. The third kappa shape index (κ3) is 6.88. The molecule has 5 heteroatoms. The summed E-state index contributed by atoms with van der Waals surface area (Å²) in [6.07, 6.45) is 15.4. The van der Waals surface area contributed by atoms with Gasteiger partial charge in [-0.15, -0.1) is 11.6 Å². The molecule has 0 aromatic carbocycles. The predicted octanol–water partition coefficient (Wildman–Crippen LogP) is 6.54. The van der Waals surface area contributed by atoms with Crippen molar-refractivity contribution in [2.24, 2.45) is 11.8 Å². The molecular formula is C25H41ClO4. The van der Waals surface area contributed by atoms with Crippen molar-refractivity contribution in [3.63, 3.8) is 0 Å². The highest BCUT2D eigenvalue weighted by Gasteiger charge is 2.53. The molecule has 3 rings (SSSR count). The molecule has 3 fully saturated rings. The molecule has 0 amide bonds. The third-order valence-electron chi connectivity index (χ3n) is 7.10. The van der Waals surface area contributed by atoms with Crippen LogP contribution in [0, 0.1) is 11.8 Å². The molecule has 2 aliphatic carbocycles. The van der Waals surface area contributed by atoms with Crippen LogP contribution in [-0.2, 0) is 19.0 Å². The predicted molar refractivity (Wildman–Crippen MR) is 121 cm³/mol. The summed E-state index contributed by atoms with van der Waals surface area (Å²) in [6.45, 7) is 6.47. The summed E-state index contributed by atoms with van der Waals surface area (Å²) in [5, 5.41) is 0.279. The van der Waals surface area contributed by atoms with Gasteiger partial charge >= 0.3 is 5.97 Å². The number of hydrogen-bond acceptors (Lipinski definition) is 4. The summed E-state index contributed by atoms with van der Waals surface area (Å²) in [5.41, 5.74) is -0.00235. The highest BCUT2D eigenvalue weighted by molar-refractivity contribution is 6.20. The van der Waals surface area contributed by atoms with E-state index in [9.17, 15) is 4.79 Å². The Labute approximate surface area is 188 Å². The van der Waals surface area contributed by atoms with Gasteiger partial charge in [0, 0.05) is 31.6 Å². The first-order valence-corrected chi connectivity index (χ1v) is 12.7. The van der Waals surface area contributed by atoms with Crippen molar-refractivity contribution >= 4 is 17.6 Å². The normalized spacial score (nSPS) is 33.3. The van der Waals surface area contributed by atoms with Crippen LogP contribution in [0.2, 0.25) is 0 Å². The lowest BCUT2D eigenvalue weighted by atomic mass is 9.74. The quantitative estimate of drug-likeness (QED) is 0.167. The lowest BCUT2D eigenvalue weighted by Gasteiger charge is -2.43. The summed E-state index contributed by atoms with van der Waals surface area (Å²) >= 11 is 6.75. The van der Waals surface area contributed by atoms with E-state index < -0.39 is 0 Å². The van der Waals surface area contributed by atoms with Gasteiger partial charge in [0.05, 0.1) is 24.1 Å². The number of carbonyl (C=O) groups is 1. The minimum absolute atomic E-state index is 0.00235. The average molecular weight is 441 g/mol. The van der Waals surface area contributed by atoms with Gasteiger partial charge in [0.15, 0.2) is 0 Å². The van der Waals surface area contributed by atoms with Crippen molar-refractivity contribution in [3.05, 3.63) is 11.8 Å². The van der Waals surface area contributed by atoms with Gasteiger partial charge in [-0.25, -0.2) is 0 Å². The van der Waals surface area contributed by atoms with Crippen LogP contribution in [0.1, 0.15) is 97.8 Å². The monoisotopic (exact) mass is 440 g/mol. The number of alkyl halides is 1. The molecule has 5 atom stereocenters. The largest absolute Gasteiger partial charge is 0.499 e. The maximum absolute atomic E-state index is 11.5. The molecule has 0 radical (unpaired) electrons. The zero-order valence-electron chi connectivity index (χ0n) is 19.2. The maximum atomic E-state index is 11.5. The number of rotatable bonds is 10. The Morgan fingerprint density at radius 3 is 2.67 bits per heavy atom. The number of halogens is 1. The van der Waals surface area contributed by atoms with Crippen molar-refractivity contribution in [1.29, 1.82) is 0 Å².